The van der Waals surface area contributed by atoms with Gasteiger partial charge in [0, 0.05) is 6.26 Å². The number of halogens is 1. The predicted molar refractivity (Wildman–Crippen MR) is 83.9 cm³/mol. The van der Waals surface area contributed by atoms with E-state index in [4.69, 9.17) is 5.73 Å². The van der Waals surface area contributed by atoms with Gasteiger partial charge in [0.05, 0.1) is 17.0 Å². The Morgan fingerprint density at radius 2 is 1.50 bits per heavy atom. The molecule has 0 spiro atoms. The third kappa shape index (κ3) is 3.71. The van der Waals surface area contributed by atoms with Gasteiger partial charge >= 0.3 is 0 Å². The summed E-state index contributed by atoms with van der Waals surface area (Å²) in [6.07, 6.45) is 0.110. The lowest BCUT2D eigenvalue weighted by Crippen LogP contribution is -2.30. The molecule has 118 valence electrons. The number of hydrogen-bond acceptors (Lipinski definition) is 4. The van der Waals surface area contributed by atoms with Crippen LogP contribution in [-0.2, 0) is 9.84 Å². The van der Waals surface area contributed by atoms with Gasteiger partial charge < -0.3 is 10.8 Å². The minimum absolute atomic E-state index is 0.261. The highest BCUT2D eigenvalue weighted by Crippen LogP contribution is 2.24. The molecule has 6 heteroatoms. The standard InChI is InChI=1S/C16H18FNO3S/c1-22(20,21)14-8-6-12(7-9-14)11-2-4-13(5-3-11)16(19)15(18)10-17/h2-9,15-16,19H,10,18H2,1H3/t15-,16-/m1/s1. The fourth-order valence-electron chi connectivity index (χ4n) is 2.10. The second-order valence-electron chi connectivity index (χ2n) is 5.18. The van der Waals surface area contributed by atoms with Gasteiger partial charge in [-0.05, 0) is 28.8 Å². The summed E-state index contributed by atoms with van der Waals surface area (Å²) in [6, 6.07) is 12.5. The molecule has 0 unspecified atom stereocenters. The molecule has 0 aliphatic heterocycles. The number of alkyl halides is 1. The smallest absolute Gasteiger partial charge is 0.175 e. The Morgan fingerprint density at radius 3 is 1.91 bits per heavy atom. The molecule has 0 saturated carbocycles. The fourth-order valence-corrected chi connectivity index (χ4v) is 2.73. The summed E-state index contributed by atoms with van der Waals surface area (Å²) in [6.45, 7) is -0.796. The van der Waals surface area contributed by atoms with Crippen molar-refractivity contribution < 1.29 is 17.9 Å². The van der Waals surface area contributed by atoms with E-state index in [0.29, 0.717) is 5.56 Å². The number of aliphatic hydroxyl groups is 1. The molecule has 0 aromatic heterocycles. The van der Waals surface area contributed by atoms with E-state index in [1.807, 2.05) is 0 Å². The maximum Gasteiger partial charge on any atom is 0.175 e. The SMILES string of the molecule is CS(=O)(=O)c1ccc(-c2ccc([C@@H](O)[C@H](N)CF)cc2)cc1. The number of nitrogens with two attached hydrogens (primary N) is 1. The molecule has 0 saturated heterocycles. The lowest BCUT2D eigenvalue weighted by molar-refractivity contribution is 0.132. The van der Waals surface area contributed by atoms with Crippen molar-refractivity contribution in [3.63, 3.8) is 0 Å². The molecule has 0 bridgehead atoms. The lowest BCUT2D eigenvalue weighted by Gasteiger charge is -2.16. The van der Waals surface area contributed by atoms with E-state index in [1.54, 1.807) is 48.5 Å². The molecule has 3 N–H and O–H groups in total. The topological polar surface area (TPSA) is 80.4 Å². The highest BCUT2D eigenvalue weighted by Gasteiger charge is 2.16. The van der Waals surface area contributed by atoms with Gasteiger partial charge in [-0.25, -0.2) is 12.8 Å². The summed E-state index contributed by atoms with van der Waals surface area (Å²) in [5.41, 5.74) is 7.73. The first kappa shape index (κ1) is 16.6. The first-order chi connectivity index (χ1) is 10.3. The van der Waals surface area contributed by atoms with Crippen molar-refractivity contribution in [3.8, 4) is 11.1 Å². The molecule has 22 heavy (non-hydrogen) atoms. The second-order valence-corrected chi connectivity index (χ2v) is 7.20. The Kier molecular flexibility index (Phi) is 4.95. The van der Waals surface area contributed by atoms with E-state index in [-0.39, 0.29) is 4.90 Å². The van der Waals surface area contributed by atoms with Crippen LogP contribution < -0.4 is 5.73 Å². The van der Waals surface area contributed by atoms with Crippen molar-refractivity contribution in [1.29, 1.82) is 0 Å². The van der Waals surface area contributed by atoms with Crippen LogP contribution in [-0.4, -0.2) is 32.5 Å². The van der Waals surface area contributed by atoms with Crippen molar-refractivity contribution in [2.24, 2.45) is 5.73 Å². The highest BCUT2D eigenvalue weighted by atomic mass is 32.2. The first-order valence-corrected chi connectivity index (χ1v) is 8.62. The third-order valence-corrected chi connectivity index (χ3v) is 4.58. The molecule has 0 heterocycles. The Hall–Kier alpha value is -1.76. The minimum atomic E-state index is -3.21. The molecule has 0 aliphatic rings. The van der Waals surface area contributed by atoms with Crippen molar-refractivity contribution in [1.82, 2.24) is 0 Å². The Morgan fingerprint density at radius 1 is 1.05 bits per heavy atom. The average Bonchev–Trinajstić information content (AvgIpc) is 2.53. The summed E-state index contributed by atoms with van der Waals surface area (Å²) in [7, 11) is -3.21. The number of aliphatic hydroxyl groups excluding tert-OH is 1. The van der Waals surface area contributed by atoms with Crippen molar-refractivity contribution >= 4 is 9.84 Å². The van der Waals surface area contributed by atoms with Crippen molar-refractivity contribution in [2.75, 3.05) is 12.9 Å². The summed E-state index contributed by atoms with van der Waals surface area (Å²) < 4.78 is 35.3. The second kappa shape index (κ2) is 6.56. The maximum atomic E-state index is 12.5. The number of sulfone groups is 1. The van der Waals surface area contributed by atoms with Crippen LogP contribution in [0.25, 0.3) is 11.1 Å². The fraction of sp³-hybridized carbons (Fsp3) is 0.250. The molecule has 2 aromatic carbocycles. The van der Waals surface area contributed by atoms with Crippen LogP contribution in [0.3, 0.4) is 0 Å². The van der Waals surface area contributed by atoms with E-state index in [9.17, 15) is 17.9 Å². The summed E-state index contributed by atoms with van der Waals surface area (Å²) in [5.74, 6) is 0. The molecule has 2 atom stereocenters. The number of hydrogen-bond donors (Lipinski definition) is 2. The summed E-state index contributed by atoms with van der Waals surface area (Å²) in [5, 5.41) is 9.84. The monoisotopic (exact) mass is 323 g/mol. The van der Waals surface area contributed by atoms with Crippen LogP contribution in [0, 0.1) is 0 Å². The molecule has 2 rings (SSSR count). The molecule has 2 aromatic rings. The molecule has 0 aliphatic carbocycles. The zero-order valence-corrected chi connectivity index (χ0v) is 12.9. The number of benzene rings is 2. The number of rotatable bonds is 5. The van der Waals surface area contributed by atoms with Gasteiger partial charge in [-0.1, -0.05) is 36.4 Å². The van der Waals surface area contributed by atoms with Crippen molar-refractivity contribution in [3.05, 3.63) is 54.1 Å². The normalized spacial score (nSPS) is 14.5. The van der Waals surface area contributed by atoms with E-state index in [0.717, 1.165) is 17.4 Å². The van der Waals surface area contributed by atoms with Crippen LogP contribution in [0.1, 0.15) is 11.7 Å². The van der Waals surface area contributed by atoms with Gasteiger partial charge in [0.1, 0.15) is 6.67 Å². The molecule has 0 radical (unpaired) electrons. The van der Waals surface area contributed by atoms with Gasteiger partial charge in [0.25, 0.3) is 0 Å². The van der Waals surface area contributed by atoms with Gasteiger partial charge in [-0.15, -0.1) is 0 Å². The molecular formula is C16H18FNO3S. The van der Waals surface area contributed by atoms with Crippen LogP contribution in [0.4, 0.5) is 4.39 Å². The third-order valence-electron chi connectivity index (χ3n) is 3.45. The van der Waals surface area contributed by atoms with E-state index in [2.05, 4.69) is 0 Å². The summed E-state index contributed by atoms with van der Waals surface area (Å²) >= 11 is 0. The van der Waals surface area contributed by atoms with Crippen molar-refractivity contribution in [2.45, 2.75) is 17.0 Å². The lowest BCUT2D eigenvalue weighted by atomic mass is 9.99. The largest absolute Gasteiger partial charge is 0.387 e. The van der Waals surface area contributed by atoms with Crippen LogP contribution in [0.2, 0.25) is 0 Å². The van der Waals surface area contributed by atoms with Gasteiger partial charge in [0.2, 0.25) is 0 Å². The van der Waals surface area contributed by atoms with Gasteiger partial charge in [-0.2, -0.15) is 0 Å². The quantitative estimate of drug-likeness (QED) is 0.883. The minimum Gasteiger partial charge on any atom is -0.387 e. The van der Waals surface area contributed by atoms with E-state index in [1.165, 1.54) is 0 Å². The Labute approximate surface area is 129 Å². The molecule has 0 fully saturated rings. The van der Waals surface area contributed by atoms with E-state index >= 15 is 0 Å². The van der Waals surface area contributed by atoms with Crippen LogP contribution >= 0.6 is 0 Å². The highest BCUT2D eigenvalue weighted by molar-refractivity contribution is 7.90. The van der Waals surface area contributed by atoms with Crippen LogP contribution in [0.15, 0.2) is 53.4 Å². The Bertz CT molecular complexity index is 727. The maximum absolute atomic E-state index is 12.5. The van der Waals surface area contributed by atoms with Crippen LogP contribution in [0.5, 0.6) is 0 Å². The first-order valence-electron chi connectivity index (χ1n) is 6.73. The van der Waals surface area contributed by atoms with Gasteiger partial charge in [-0.3, -0.25) is 0 Å². The molecule has 0 amide bonds. The average molecular weight is 323 g/mol. The zero-order chi connectivity index (χ0) is 16.3. The Balaban J connectivity index is 2.24. The molecule has 4 nitrogen and oxygen atoms in total. The predicted octanol–water partition coefficient (Wildman–Crippen LogP) is 2.09. The zero-order valence-electron chi connectivity index (χ0n) is 12.1. The van der Waals surface area contributed by atoms with Gasteiger partial charge in [0.15, 0.2) is 9.84 Å². The van der Waals surface area contributed by atoms with E-state index < -0.39 is 28.7 Å². The molecular weight excluding hydrogens is 305 g/mol. The summed E-state index contributed by atoms with van der Waals surface area (Å²) in [4.78, 5) is 0.261.